The monoisotopic (exact) mass is 343 g/mol. The summed E-state index contributed by atoms with van der Waals surface area (Å²) in [7, 11) is 0. The summed E-state index contributed by atoms with van der Waals surface area (Å²) in [6.07, 6.45) is 16.0. The second-order valence-electron chi connectivity index (χ2n) is 7.62. The molecular formula is C23H37NO. The molecule has 1 heterocycles. The molecule has 0 saturated heterocycles. The van der Waals surface area contributed by atoms with Gasteiger partial charge in [-0.25, -0.2) is 4.99 Å². The predicted molar refractivity (Wildman–Crippen MR) is 111 cm³/mol. The number of nitrogens with zero attached hydrogens (tertiary/aromatic N) is 1. The lowest BCUT2D eigenvalue weighted by molar-refractivity contribution is 0.325. The van der Waals surface area contributed by atoms with Crippen LogP contribution in [0.4, 0.5) is 0 Å². The van der Waals surface area contributed by atoms with Crippen molar-refractivity contribution < 1.29 is 4.74 Å². The molecule has 0 bridgehead atoms. The first-order valence-corrected chi connectivity index (χ1v) is 9.69. The summed E-state index contributed by atoms with van der Waals surface area (Å²) in [6, 6.07) is 0.305. The Bertz CT molecular complexity index is 557. The van der Waals surface area contributed by atoms with Crippen molar-refractivity contribution in [2.75, 3.05) is 6.61 Å². The van der Waals surface area contributed by atoms with E-state index in [1.165, 1.54) is 35.1 Å². The van der Waals surface area contributed by atoms with Gasteiger partial charge in [-0.1, -0.05) is 40.5 Å². The van der Waals surface area contributed by atoms with Crippen LogP contribution in [-0.4, -0.2) is 18.5 Å². The van der Waals surface area contributed by atoms with Crippen molar-refractivity contribution >= 4 is 5.90 Å². The van der Waals surface area contributed by atoms with Gasteiger partial charge >= 0.3 is 0 Å². The molecule has 0 amide bonds. The van der Waals surface area contributed by atoms with Crippen LogP contribution in [0.5, 0.6) is 0 Å². The van der Waals surface area contributed by atoms with Gasteiger partial charge in [-0.05, 0) is 86.1 Å². The third-order valence-corrected chi connectivity index (χ3v) is 4.34. The number of ether oxygens (including phenoxy) is 1. The van der Waals surface area contributed by atoms with E-state index in [-0.39, 0.29) is 0 Å². The van der Waals surface area contributed by atoms with Crippen LogP contribution in [0, 0.1) is 0 Å². The van der Waals surface area contributed by atoms with E-state index in [1.807, 2.05) is 0 Å². The maximum absolute atomic E-state index is 5.53. The molecule has 0 spiro atoms. The average molecular weight is 344 g/mol. The largest absolute Gasteiger partial charge is 0.476 e. The summed E-state index contributed by atoms with van der Waals surface area (Å²) < 4.78 is 5.53. The van der Waals surface area contributed by atoms with E-state index in [1.54, 1.807) is 0 Å². The van der Waals surface area contributed by atoms with Crippen LogP contribution in [0.25, 0.3) is 0 Å². The molecule has 25 heavy (non-hydrogen) atoms. The van der Waals surface area contributed by atoms with E-state index in [0.29, 0.717) is 6.04 Å². The first-order valence-electron chi connectivity index (χ1n) is 9.69. The van der Waals surface area contributed by atoms with E-state index < -0.39 is 0 Å². The Morgan fingerprint density at radius 2 is 1.40 bits per heavy atom. The molecule has 1 rings (SSSR count). The molecule has 1 aliphatic heterocycles. The maximum Gasteiger partial charge on any atom is 0.208 e. The fourth-order valence-electron chi connectivity index (χ4n) is 2.74. The van der Waals surface area contributed by atoms with Crippen molar-refractivity contribution in [1.82, 2.24) is 0 Å². The summed E-state index contributed by atoms with van der Waals surface area (Å²) in [6.45, 7) is 13.8. The Kier molecular flexibility index (Phi) is 10.2. The van der Waals surface area contributed by atoms with Gasteiger partial charge in [0.15, 0.2) is 0 Å². The fraction of sp³-hybridized carbons (Fsp3) is 0.609. The van der Waals surface area contributed by atoms with Crippen molar-refractivity contribution in [1.29, 1.82) is 0 Å². The minimum atomic E-state index is 0.305. The lowest BCUT2D eigenvalue weighted by atomic mass is 10.0. The highest BCUT2D eigenvalue weighted by molar-refractivity contribution is 5.89. The number of aliphatic imine (C=N–C) groups is 1. The van der Waals surface area contributed by atoms with Gasteiger partial charge in [-0.2, -0.15) is 0 Å². The highest BCUT2D eigenvalue weighted by Crippen LogP contribution is 2.14. The summed E-state index contributed by atoms with van der Waals surface area (Å²) in [4.78, 5) is 4.45. The number of allylic oxidation sites excluding steroid dienone is 7. The number of hydrogen-bond donors (Lipinski definition) is 0. The van der Waals surface area contributed by atoms with Crippen LogP contribution in [0.15, 0.2) is 51.6 Å². The third kappa shape index (κ3) is 10.8. The molecule has 0 aliphatic carbocycles. The molecule has 0 N–H and O–H groups in total. The summed E-state index contributed by atoms with van der Waals surface area (Å²) in [5, 5.41) is 0. The van der Waals surface area contributed by atoms with E-state index in [4.69, 9.17) is 4.74 Å². The zero-order valence-electron chi connectivity index (χ0n) is 17.2. The van der Waals surface area contributed by atoms with E-state index >= 15 is 0 Å². The fourth-order valence-corrected chi connectivity index (χ4v) is 2.74. The number of rotatable bonds is 10. The van der Waals surface area contributed by atoms with Gasteiger partial charge < -0.3 is 4.74 Å². The van der Waals surface area contributed by atoms with Crippen molar-refractivity contribution in [3.63, 3.8) is 0 Å². The van der Waals surface area contributed by atoms with E-state index in [2.05, 4.69) is 70.8 Å². The zero-order chi connectivity index (χ0) is 18.7. The molecule has 0 radical (unpaired) electrons. The maximum atomic E-state index is 5.53. The van der Waals surface area contributed by atoms with Crippen LogP contribution in [0.1, 0.15) is 80.1 Å². The van der Waals surface area contributed by atoms with Crippen LogP contribution < -0.4 is 0 Å². The van der Waals surface area contributed by atoms with Gasteiger partial charge in [0, 0.05) is 0 Å². The zero-order valence-corrected chi connectivity index (χ0v) is 17.2. The molecule has 0 aromatic carbocycles. The molecule has 0 fully saturated rings. The van der Waals surface area contributed by atoms with Crippen LogP contribution in [0.3, 0.4) is 0 Å². The predicted octanol–water partition coefficient (Wildman–Crippen LogP) is 6.95. The Balaban J connectivity index is 2.26. The molecule has 1 unspecified atom stereocenters. The van der Waals surface area contributed by atoms with Gasteiger partial charge in [-0.15, -0.1) is 0 Å². The smallest absolute Gasteiger partial charge is 0.208 e. The molecule has 0 aromatic rings. The molecule has 140 valence electrons. The van der Waals surface area contributed by atoms with E-state index in [0.717, 1.165) is 38.2 Å². The second kappa shape index (κ2) is 11.9. The Morgan fingerprint density at radius 3 is 1.88 bits per heavy atom. The highest BCUT2D eigenvalue weighted by Gasteiger charge is 2.11. The molecule has 0 saturated carbocycles. The average Bonchev–Trinajstić information content (AvgIpc) is 2.91. The molecule has 2 nitrogen and oxygen atoms in total. The summed E-state index contributed by atoms with van der Waals surface area (Å²) >= 11 is 0. The Hall–Kier alpha value is -1.57. The molecule has 1 aliphatic rings. The first kappa shape index (κ1) is 21.5. The van der Waals surface area contributed by atoms with Crippen molar-refractivity contribution in [3.8, 4) is 0 Å². The van der Waals surface area contributed by atoms with E-state index in [9.17, 15) is 0 Å². The minimum Gasteiger partial charge on any atom is -0.476 e. The highest BCUT2D eigenvalue weighted by atomic mass is 16.5. The Labute approximate surface area is 155 Å². The van der Waals surface area contributed by atoms with Crippen molar-refractivity contribution in [3.05, 3.63) is 46.6 Å². The minimum absolute atomic E-state index is 0.305. The van der Waals surface area contributed by atoms with Crippen LogP contribution in [0.2, 0.25) is 0 Å². The van der Waals surface area contributed by atoms with Gasteiger partial charge in [0.05, 0.1) is 6.04 Å². The third-order valence-electron chi connectivity index (χ3n) is 4.34. The Morgan fingerprint density at radius 1 is 0.880 bits per heavy atom. The van der Waals surface area contributed by atoms with Crippen LogP contribution >= 0.6 is 0 Å². The summed E-state index contributed by atoms with van der Waals surface area (Å²) in [5.74, 6) is 0.805. The standard InChI is InChI=1S/C23H37NO/c1-18(2)10-7-11-19(3)12-8-13-20(4)14-9-15-21(5)16-23-24-22(6)17-25-23/h10,12,14,16,22H,7-9,11,13,15,17H2,1-6H3. The SMILES string of the molecule is CC(C)=CCCC(C)=CCCC(C)=CCCC(C)=CC1=NC(C)CO1. The van der Waals surface area contributed by atoms with Gasteiger partial charge in [0.25, 0.3) is 0 Å². The van der Waals surface area contributed by atoms with Crippen molar-refractivity contribution in [2.45, 2.75) is 86.1 Å². The molecule has 0 aromatic heterocycles. The lowest BCUT2D eigenvalue weighted by Gasteiger charge is -2.03. The summed E-state index contributed by atoms with van der Waals surface area (Å²) in [5.41, 5.74) is 5.75. The number of hydrogen-bond acceptors (Lipinski definition) is 2. The topological polar surface area (TPSA) is 21.6 Å². The second-order valence-corrected chi connectivity index (χ2v) is 7.62. The quantitative estimate of drug-likeness (QED) is 0.393. The first-order chi connectivity index (χ1) is 11.9. The van der Waals surface area contributed by atoms with Gasteiger partial charge in [0.1, 0.15) is 6.61 Å². The van der Waals surface area contributed by atoms with Gasteiger partial charge in [-0.3, -0.25) is 0 Å². The van der Waals surface area contributed by atoms with Gasteiger partial charge in [0.2, 0.25) is 5.90 Å². The van der Waals surface area contributed by atoms with Crippen LogP contribution in [-0.2, 0) is 4.74 Å². The lowest BCUT2D eigenvalue weighted by Crippen LogP contribution is -1.99. The van der Waals surface area contributed by atoms with Crippen molar-refractivity contribution in [2.24, 2.45) is 4.99 Å². The molecule has 2 heteroatoms. The molecule has 1 atom stereocenters. The molecular weight excluding hydrogens is 306 g/mol. The normalized spacial score (nSPS) is 18.9.